The van der Waals surface area contributed by atoms with Crippen molar-refractivity contribution in [3.05, 3.63) is 64.7 Å². The topological polar surface area (TPSA) is 79.0 Å². The normalized spacial score (nSPS) is 15.9. The molecule has 1 N–H and O–H groups in total. The van der Waals surface area contributed by atoms with Gasteiger partial charge in [0.25, 0.3) is 0 Å². The molecular formula is C24H33N3O4S. The molecule has 1 aliphatic rings. The Kier molecular flexibility index (Phi) is 7.92. The molecule has 0 radical (unpaired) electrons. The lowest BCUT2D eigenvalue weighted by molar-refractivity contribution is -0.122. The maximum Gasteiger partial charge on any atom is 0.243 e. The standard InChI is InChI=1S/C24H33N3O4S/c1-18-8-9-19(2)23(14-18)27(32(4,29)30)20(3)24(28)25-16-21-6-5-7-22(15-21)17-26-10-12-31-13-11-26/h5-9,14-15,20H,10-13,16-17H2,1-4H3,(H,25,28)/t20-/m1/s1. The Morgan fingerprint density at radius 2 is 1.81 bits per heavy atom. The van der Waals surface area contributed by atoms with Crippen molar-refractivity contribution in [2.24, 2.45) is 0 Å². The molecule has 7 nitrogen and oxygen atoms in total. The van der Waals surface area contributed by atoms with Gasteiger partial charge in [0.05, 0.1) is 25.2 Å². The number of hydrogen-bond donors (Lipinski definition) is 1. The number of amides is 1. The van der Waals surface area contributed by atoms with Crippen molar-refractivity contribution < 1.29 is 17.9 Å². The first-order valence-electron chi connectivity index (χ1n) is 10.9. The second-order valence-corrected chi connectivity index (χ2v) is 10.3. The van der Waals surface area contributed by atoms with Gasteiger partial charge in [-0.05, 0) is 49.1 Å². The van der Waals surface area contributed by atoms with Crippen LogP contribution in [0.5, 0.6) is 0 Å². The lowest BCUT2D eigenvalue weighted by Crippen LogP contribution is -2.48. The number of anilines is 1. The van der Waals surface area contributed by atoms with Crippen molar-refractivity contribution in [1.82, 2.24) is 10.2 Å². The van der Waals surface area contributed by atoms with Crippen molar-refractivity contribution in [3.8, 4) is 0 Å². The second-order valence-electron chi connectivity index (χ2n) is 8.45. The summed E-state index contributed by atoms with van der Waals surface area (Å²) in [6.07, 6.45) is 1.13. The van der Waals surface area contributed by atoms with E-state index in [9.17, 15) is 13.2 Å². The van der Waals surface area contributed by atoms with Crippen LogP contribution in [0.15, 0.2) is 42.5 Å². The molecular weight excluding hydrogens is 426 g/mol. The van der Waals surface area contributed by atoms with E-state index in [1.54, 1.807) is 13.0 Å². The monoisotopic (exact) mass is 459 g/mol. The maximum absolute atomic E-state index is 12.9. The van der Waals surface area contributed by atoms with Crippen molar-refractivity contribution >= 4 is 21.6 Å². The predicted octanol–water partition coefficient (Wildman–Crippen LogP) is 2.61. The Hall–Kier alpha value is -2.42. The first kappa shape index (κ1) is 24.2. The average molecular weight is 460 g/mol. The van der Waals surface area contributed by atoms with Gasteiger partial charge in [0.15, 0.2) is 0 Å². The van der Waals surface area contributed by atoms with Crippen LogP contribution >= 0.6 is 0 Å². The summed E-state index contributed by atoms with van der Waals surface area (Å²) in [5, 5.41) is 2.91. The van der Waals surface area contributed by atoms with Crippen LogP contribution in [0.1, 0.15) is 29.2 Å². The molecule has 8 heteroatoms. The second kappa shape index (κ2) is 10.5. The minimum atomic E-state index is -3.65. The number of nitrogens with one attached hydrogen (secondary N) is 1. The van der Waals surface area contributed by atoms with Crippen LogP contribution in [-0.4, -0.2) is 57.8 Å². The smallest absolute Gasteiger partial charge is 0.243 e. The highest BCUT2D eigenvalue weighted by Crippen LogP contribution is 2.26. The molecule has 2 aromatic rings. The van der Waals surface area contributed by atoms with E-state index in [-0.39, 0.29) is 5.91 Å². The summed E-state index contributed by atoms with van der Waals surface area (Å²) in [5.41, 5.74) is 4.43. The number of morpholine rings is 1. The van der Waals surface area contributed by atoms with Gasteiger partial charge in [0, 0.05) is 26.2 Å². The van der Waals surface area contributed by atoms with E-state index in [0.717, 1.165) is 55.8 Å². The van der Waals surface area contributed by atoms with E-state index in [2.05, 4.69) is 22.3 Å². The fourth-order valence-electron chi connectivity index (χ4n) is 3.93. The van der Waals surface area contributed by atoms with Crippen LogP contribution in [0.4, 0.5) is 5.69 Å². The molecule has 1 amide bonds. The van der Waals surface area contributed by atoms with Gasteiger partial charge in [-0.25, -0.2) is 8.42 Å². The lowest BCUT2D eigenvalue weighted by atomic mass is 10.1. The van der Waals surface area contributed by atoms with Crippen molar-refractivity contribution in [3.63, 3.8) is 0 Å². The molecule has 32 heavy (non-hydrogen) atoms. The van der Waals surface area contributed by atoms with Gasteiger partial charge in [-0.15, -0.1) is 0 Å². The van der Waals surface area contributed by atoms with Crippen LogP contribution < -0.4 is 9.62 Å². The van der Waals surface area contributed by atoms with Crippen LogP contribution in [0, 0.1) is 13.8 Å². The number of nitrogens with zero attached hydrogens (tertiary/aromatic N) is 2. The van der Waals surface area contributed by atoms with Crippen molar-refractivity contribution in [2.75, 3.05) is 36.9 Å². The van der Waals surface area contributed by atoms with Crippen LogP contribution in [-0.2, 0) is 32.6 Å². The number of aryl methyl sites for hydroxylation is 2. The summed E-state index contributed by atoms with van der Waals surface area (Å²) in [5.74, 6) is -0.338. The van der Waals surface area contributed by atoms with E-state index in [0.29, 0.717) is 12.2 Å². The summed E-state index contributed by atoms with van der Waals surface area (Å²) in [4.78, 5) is 15.3. The SMILES string of the molecule is Cc1ccc(C)c(N([C@H](C)C(=O)NCc2cccc(CN3CCOCC3)c2)S(C)(=O)=O)c1. The summed E-state index contributed by atoms with van der Waals surface area (Å²) in [6.45, 7) is 9.88. The van der Waals surface area contributed by atoms with E-state index in [1.165, 1.54) is 9.87 Å². The van der Waals surface area contributed by atoms with E-state index < -0.39 is 16.1 Å². The molecule has 0 saturated carbocycles. The highest BCUT2D eigenvalue weighted by atomic mass is 32.2. The molecule has 2 aromatic carbocycles. The minimum Gasteiger partial charge on any atom is -0.379 e. The van der Waals surface area contributed by atoms with E-state index in [4.69, 9.17) is 4.74 Å². The molecule has 1 aliphatic heterocycles. The molecule has 0 aliphatic carbocycles. The van der Waals surface area contributed by atoms with Gasteiger partial charge < -0.3 is 10.1 Å². The van der Waals surface area contributed by atoms with Gasteiger partial charge >= 0.3 is 0 Å². The zero-order valence-electron chi connectivity index (χ0n) is 19.3. The summed E-state index contributed by atoms with van der Waals surface area (Å²) >= 11 is 0. The highest BCUT2D eigenvalue weighted by Gasteiger charge is 2.30. The lowest BCUT2D eigenvalue weighted by Gasteiger charge is -2.30. The Labute approximate surface area is 191 Å². The zero-order valence-corrected chi connectivity index (χ0v) is 20.1. The summed E-state index contributed by atoms with van der Waals surface area (Å²) in [6, 6.07) is 12.8. The average Bonchev–Trinajstić information content (AvgIpc) is 2.74. The Morgan fingerprint density at radius 1 is 1.12 bits per heavy atom. The van der Waals surface area contributed by atoms with Crippen molar-refractivity contribution in [2.45, 2.75) is 39.9 Å². The number of rotatable bonds is 8. The Morgan fingerprint density at radius 3 is 2.50 bits per heavy atom. The quantitative estimate of drug-likeness (QED) is 0.657. The highest BCUT2D eigenvalue weighted by molar-refractivity contribution is 7.92. The fourth-order valence-corrected chi connectivity index (χ4v) is 5.15. The Balaban J connectivity index is 1.69. The zero-order chi connectivity index (χ0) is 23.3. The molecule has 1 atom stereocenters. The maximum atomic E-state index is 12.9. The van der Waals surface area contributed by atoms with Crippen LogP contribution in [0.3, 0.4) is 0 Å². The number of carbonyl (C=O) groups excluding carboxylic acids is 1. The molecule has 0 spiro atoms. The third-order valence-electron chi connectivity index (χ3n) is 5.66. The van der Waals surface area contributed by atoms with Gasteiger partial charge in [-0.1, -0.05) is 36.4 Å². The van der Waals surface area contributed by atoms with Crippen LogP contribution in [0.25, 0.3) is 0 Å². The van der Waals surface area contributed by atoms with E-state index >= 15 is 0 Å². The number of benzene rings is 2. The number of ether oxygens (including phenoxy) is 1. The van der Waals surface area contributed by atoms with Gasteiger partial charge in [-0.2, -0.15) is 0 Å². The summed E-state index contributed by atoms with van der Waals surface area (Å²) in [7, 11) is -3.65. The van der Waals surface area contributed by atoms with Gasteiger partial charge in [0.2, 0.25) is 15.9 Å². The van der Waals surface area contributed by atoms with Gasteiger partial charge in [-0.3, -0.25) is 14.0 Å². The predicted molar refractivity (Wildman–Crippen MR) is 127 cm³/mol. The molecule has 0 unspecified atom stereocenters. The first-order valence-corrected chi connectivity index (χ1v) is 12.7. The molecule has 174 valence electrons. The number of hydrogen-bond acceptors (Lipinski definition) is 5. The third kappa shape index (κ3) is 6.31. The van der Waals surface area contributed by atoms with E-state index in [1.807, 2.05) is 38.1 Å². The first-order chi connectivity index (χ1) is 15.1. The van der Waals surface area contributed by atoms with Gasteiger partial charge in [0.1, 0.15) is 6.04 Å². The molecule has 0 aromatic heterocycles. The molecule has 1 heterocycles. The molecule has 1 fully saturated rings. The molecule has 1 saturated heterocycles. The van der Waals surface area contributed by atoms with Crippen LogP contribution in [0.2, 0.25) is 0 Å². The molecule has 0 bridgehead atoms. The largest absolute Gasteiger partial charge is 0.379 e. The summed E-state index contributed by atoms with van der Waals surface area (Å²) < 4.78 is 31.8. The third-order valence-corrected chi connectivity index (χ3v) is 6.89. The molecule has 3 rings (SSSR count). The van der Waals surface area contributed by atoms with Crippen molar-refractivity contribution in [1.29, 1.82) is 0 Å². The fraction of sp³-hybridized carbons (Fsp3) is 0.458. The minimum absolute atomic E-state index is 0.338. The number of sulfonamides is 1. The number of carbonyl (C=O) groups is 1. The Bertz CT molecular complexity index is 1050.